The van der Waals surface area contributed by atoms with Crippen molar-refractivity contribution in [2.45, 2.75) is 60.0 Å². The molecule has 16 heavy (non-hydrogen) atoms. The third-order valence-corrected chi connectivity index (χ3v) is 2.50. The molecule has 2 N–H and O–H groups in total. The summed E-state index contributed by atoms with van der Waals surface area (Å²) in [5.74, 6) is 0.433. The van der Waals surface area contributed by atoms with E-state index in [1.54, 1.807) is 0 Å². The van der Waals surface area contributed by atoms with Crippen molar-refractivity contribution in [3.8, 4) is 0 Å². The van der Waals surface area contributed by atoms with Gasteiger partial charge in [-0.15, -0.1) is 0 Å². The highest BCUT2D eigenvalue weighted by Crippen LogP contribution is 2.25. The maximum atomic E-state index is 11.5. The molecule has 96 valence electrons. The largest absolute Gasteiger partial charge is 0.391 e. The number of carbonyl (C=O) groups is 1. The molecular formula is C13H27NO2. The maximum absolute atomic E-state index is 11.5. The minimum atomic E-state index is -0.415. The molecular weight excluding hydrogens is 202 g/mol. The number of amides is 1. The van der Waals surface area contributed by atoms with Crippen LogP contribution in [0.4, 0.5) is 0 Å². The van der Waals surface area contributed by atoms with Gasteiger partial charge in [0.15, 0.2) is 0 Å². The maximum Gasteiger partial charge on any atom is 0.220 e. The van der Waals surface area contributed by atoms with Crippen LogP contribution in [0, 0.1) is 11.3 Å². The first-order valence-electron chi connectivity index (χ1n) is 6.19. The molecule has 3 heteroatoms. The predicted octanol–water partition coefficient (Wildman–Crippen LogP) is 2.34. The van der Waals surface area contributed by atoms with Crippen molar-refractivity contribution in [3.05, 3.63) is 0 Å². The van der Waals surface area contributed by atoms with Gasteiger partial charge >= 0.3 is 0 Å². The summed E-state index contributed by atoms with van der Waals surface area (Å²) >= 11 is 0. The zero-order valence-corrected chi connectivity index (χ0v) is 11.3. The number of hydrogen-bond donors (Lipinski definition) is 2. The van der Waals surface area contributed by atoms with E-state index in [0.717, 1.165) is 6.42 Å². The van der Waals surface area contributed by atoms with Gasteiger partial charge in [0.1, 0.15) is 0 Å². The van der Waals surface area contributed by atoms with E-state index in [1.807, 2.05) is 6.92 Å². The summed E-state index contributed by atoms with van der Waals surface area (Å²) in [5.41, 5.74) is 0.266. The van der Waals surface area contributed by atoms with Crippen molar-refractivity contribution < 1.29 is 9.90 Å². The molecule has 0 saturated carbocycles. The Morgan fingerprint density at radius 3 is 2.38 bits per heavy atom. The van der Waals surface area contributed by atoms with Gasteiger partial charge in [-0.3, -0.25) is 4.79 Å². The summed E-state index contributed by atoms with van der Waals surface area (Å²) in [5, 5.41) is 12.1. The third kappa shape index (κ3) is 8.72. The summed E-state index contributed by atoms with van der Waals surface area (Å²) in [6.07, 6.45) is 1.85. The lowest BCUT2D eigenvalue weighted by molar-refractivity contribution is -0.122. The summed E-state index contributed by atoms with van der Waals surface area (Å²) in [7, 11) is 0. The number of nitrogens with one attached hydrogen (secondary N) is 1. The zero-order valence-electron chi connectivity index (χ0n) is 11.3. The normalized spacial score (nSPS) is 15.6. The fourth-order valence-corrected chi connectivity index (χ4v) is 1.88. The van der Waals surface area contributed by atoms with Crippen LogP contribution in [0.15, 0.2) is 0 Å². The Labute approximate surface area is 99.6 Å². The number of aliphatic hydroxyl groups is 1. The van der Waals surface area contributed by atoms with Crippen molar-refractivity contribution in [1.29, 1.82) is 0 Å². The molecule has 0 saturated heterocycles. The van der Waals surface area contributed by atoms with Crippen LogP contribution < -0.4 is 5.32 Å². The van der Waals surface area contributed by atoms with E-state index in [9.17, 15) is 9.90 Å². The zero-order chi connectivity index (χ0) is 12.8. The van der Waals surface area contributed by atoms with Gasteiger partial charge in [0.05, 0.1) is 6.10 Å². The minimum absolute atomic E-state index is 0.0456. The SMILES string of the molecule is CCC(O)CNC(=O)CC(C)CC(C)(C)C. The summed E-state index contributed by atoms with van der Waals surface area (Å²) in [4.78, 5) is 11.5. The number of hydrogen-bond acceptors (Lipinski definition) is 2. The quantitative estimate of drug-likeness (QED) is 0.734. The smallest absolute Gasteiger partial charge is 0.220 e. The highest BCUT2D eigenvalue weighted by molar-refractivity contribution is 5.76. The van der Waals surface area contributed by atoms with E-state index in [2.05, 4.69) is 33.0 Å². The second kappa shape index (κ2) is 6.89. The lowest BCUT2D eigenvalue weighted by Gasteiger charge is -2.23. The Morgan fingerprint density at radius 1 is 1.38 bits per heavy atom. The molecule has 3 nitrogen and oxygen atoms in total. The molecule has 0 fully saturated rings. The molecule has 0 aliphatic carbocycles. The van der Waals surface area contributed by atoms with Gasteiger partial charge in [-0.05, 0) is 24.2 Å². The van der Waals surface area contributed by atoms with Gasteiger partial charge in [0, 0.05) is 13.0 Å². The monoisotopic (exact) mass is 229 g/mol. The molecule has 0 spiro atoms. The van der Waals surface area contributed by atoms with Crippen molar-refractivity contribution >= 4 is 5.91 Å². The van der Waals surface area contributed by atoms with Crippen LogP contribution in [0.5, 0.6) is 0 Å². The fraction of sp³-hybridized carbons (Fsp3) is 0.923. The minimum Gasteiger partial charge on any atom is -0.391 e. The molecule has 0 aromatic heterocycles. The average molecular weight is 229 g/mol. The van der Waals surface area contributed by atoms with Crippen molar-refractivity contribution in [3.63, 3.8) is 0 Å². The second-order valence-electron chi connectivity index (χ2n) is 5.94. The number of aliphatic hydroxyl groups excluding tert-OH is 1. The summed E-state index contributed by atoms with van der Waals surface area (Å²) in [6.45, 7) is 10.9. The van der Waals surface area contributed by atoms with Gasteiger partial charge in [-0.2, -0.15) is 0 Å². The van der Waals surface area contributed by atoms with Crippen LogP contribution in [-0.2, 0) is 4.79 Å². The van der Waals surface area contributed by atoms with Crippen molar-refractivity contribution in [1.82, 2.24) is 5.32 Å². The van der Waals surface area contributed by atoms with E-state index in [-0.39, 0.29) is 11.3 Å². The van der Waals surface area contributed by atoms with Crippen molar-refractivity contribution in [2.24, 2.45) is 11.3 Å². The lowest BCUT2D eigenvalue weighted by atomic mass is 9.84. The first-order valence-corrected chi connectivity index (χ1v) is 6.19. The van der Waals surface area contributed by atoms with E-state index in [0.29, 0.717) is 25.3 Å². The van der Waals surface area contributed by atoms with Gasteiger partial charge < -0.3 is 10.4 Å². The van der Waals surface area contributed by atoms with Crippen LogP contribution in [-0.4, -0.2) is 23.7 Å². The Kier molecular flexibility index (Phi) is 6.65. The lowest BCUT2D eigenvalue weighted by Crippen LogP contribution is -2.32. The molecule has 0 aliphatic rings. The van der Waals surface area contributed by atoms with Gasteiger partial charge in [-0.25, -0.2) is 0 Å². The van der Waals surface area contributed by atoms with Crippen LogP contribution in [0.3, 0.4) is 0 Å². The molecule has 0 radical (unpaired) electrons. The highest BCUT2D eigenvalue weighted by Gasteiger charge is 2.17. The van der Waals surface area contributed by atoms with Gasteiger partial charge in [-0.1, -0.05) is 34.6 Å². The second-order valence-corrected chi connectivity index (χ2v) is 5.94. The Balaban J connectivity index is 3.79. The molecule has 0 heterocycles. The van der Waals surface area contributed by atoms with E-state index in [4.69, 9.17) is 0 Å². The molecule has 0 rings (SSSR count). The average Bonchev–Trinajstić information content (AvgIpc) is 2.10. The van der Waals surface area contributed by atoms with E-state index in [1.165, 1.54) is 0 Å². The molecule has 0 aliphatic heterocycles. The molecule has 0 aromatic rings. The molecule has 0 bridgehead atoms. The Hall–Kier alpha value is -0.570. The van der Waals surface area contributed by atoms with Crippen molar-refractivity contribution in [2.75, 3.05) is 6.54 Å². The molecule has 0 aromatic carbocycles. The van der Waals surface area contributed by atoms with Crippen LogP contribution in [0.2, 0.25) is 0 Å². The van der Waals surface area contributed by atoms with Gasteiger partial charge in [0.2, 0.25) is 5.91 Å². The third-order valence-electron chi connectivity index (χ3n) is 2.50. The molecule has 2 unspecified atom stereocenters. The van der Waals surface area contributed by atoms with Gasteiger partial charge in [0.25, 0.3) is 0 Å². The standard InChI is InChI=1S/C13H27NO2/c1-6-11(15)9-14-12(16)7-10(2)8-13(3,4)5/h10-11,15H,6-9H2,1-5H3,(H,14,16). The summed E-state index contributed by atoms with van der Waals surface area (Å²) in [6, 6.07) is 0. The number of carbonyl (C=O) groups excluding carboxylic acids is 1. The highest BCUT2D eigenvalue weighted by atomic mass is 16.3. The first-order chi connectivity index (χ1) is 7.24. The summed E-state index contributed by atoms with van der Waals surface area (Å²) < 4.78 is 0. The van der Waals surface area contributed by atoms with Crippen LogP contribution >= 0.6 is 0 Å². The first kappa shape index (κ1) is 15.4. The van der Waals surface area contributed by atoms with Crippen LogP contribution in [0.1, 0.15) is 53.9 Å². The van der Waals surface area contributed by atoms with Crippen LogP contribution in [0.25, 0.3) is 0 Å². The van der Waals surface area contributed by atoms with E-state index < -0.39 is 6.10 Å². The molecule has 2 atom stereocenters. The number of rotatable bonds is 6. The van der Waals surface area contributed by atoms with E-state index >= 15 is 0 Å². The predicted molar refractivity (Wildman–Crippen MR) is 67.2 cm³/mol. The molecule has 1 amide bonds. The Morgan fingerprint density at radius 2 is 1.94 bits per heavy atom. The Bertz CT molecular complexity index is 208. The topological polar surface area (TPSA) is 49.3 Å². The fourth-order valence-electron chi connectivity index (χ4n) is 1.88.